The average molecular weight is 315 g/mol. The largest absolute Gasteiger partial charge is 0.490 e. The van der Waals surface area contributed by atoms with E-state index in [2.05, 4.69) is 22.4 Å². The number of hydrogen-bond acceptors (Lipinski definition) is 3. The van der Waals surface area contributed by atoms with Crippen LogP contribution in [0.4, 0.5) is 0 Å². The summed E-state index contributed by atoms with van der Waals surface area (Å²) in [5.41, 5.74) is 2.25. The molecule has 0 aliphatic heterocycles. The number of amides is 1. The highest BCUT2D eigenvalue weighted by Crippen LogP contribution is 2.31. The number of aryl methyl sites for hydroxylation is 1. The second-order valence-corrected chi connectivity index (χ2v) is 6.25. The van der Waals surface area contributed by atoms with Gasteiger partial charge in [0.25, 0.3) is 0 Å². The molecule has 0 saturated heterocycles. The molecule has 0 radical (unpaired) electrons. The molecular weight excluding hydrogens is 290 g/mol. The van der Waals surface area contributed by atoms with E-state index in [1.54, 1.807) is 0 Å². The zero-order valence-electron chi connectivity index (χ0n) is 13.9. The van der Waals surface area contributed by atoms with Crippen LogP contribution < -0.4 is 10.1 Å². The Morgan fingerprint density at radius 3 is 3.04 bits per heavy atom. The maximum atomic E-state index is 11.6. The molecule has 1 aliphatic rings. The summed E-state index contributed by atoms with van der Waals surface area (Å²) in [5, 5.41) is 11.4. The lowest BCUT2D eigenvalue weighted by Crippen LogP contribution is -2.41. The molecule has 1 amide bonds. The second-order valence-electron chi connectivity index (χ2n) is 6.25. The number of ether oxygens (including phenoxy) is 1. The number of nitrogens with zero attached hydrogens (tertiary/aromatic N) is 1. The van der Waals surface area contributed by atoms with Crippen molar-refractivity contribution in [2.24, 2.45) is 0 Å². The summed E-state index contributed by atoms with van der Waals surface area (Å²) in [6.07, 6.45) is 7.56. The molecule has 1 aromatic heterocycles. The molecular formula is C18H25N3O2. The zero-order chi connectivity index (χ0) is 16.2. The molecule has 2 atom stereocenters. The van der Waals surface area contributed by atoms with E-state index in [0.717, 1.165) is 48.8 Å². The summed E-state index contributed by atoms with van der Waals surface area (Å²) < 4.78 is 6.31. The van der Waals surface area contributed by atoms with Crippen molar-refractivity contribution >= 4 is 16.8 Å². The predicted molar refractivity (Wildman–Crippen MR) is 90.6 cm³/mol. The van der Waals surface area contributed by atoms with Crippen LogP contribution in [0.25, 0.3) is 10.9 Å². The quantitative estimate of drug-likeness (QED) is 0.889. The number of H-pyrrole nitrogens is 1. The van der Waals surface area contributed by atoms with Crippen LogP contribution >= 0.6 is 0 Å². The van der Waals surface area contributed by atoms with E-state index in [4.69, 9.17) is 4.74 Å². The van der Waals surface area contributed by atoms with Gasteiger partial charge in [0, 0.05) is 29.8 Å². The van der Waals surface area contributed by atoms with Gasteiger partial charge in [-0.1, -0.05) is 13.8 Å². The van der Waals surface area contributed by atoms with Gasteiger partial charge in [0.2, 0.25) is 5.91 Å². The molecule has 1 heterocycles. The van der Waals surface area contributed by atoms with Gasteiger partial charge < -0.3 is 10.1 Å². The highest BCUT2D eigenvalue weighted by molar-refractivity contribution is 5.84. The highest BCUT2D eigenvalue weighted by Gasteiger charge is 2.25. The Balaban J connectivity index is 1.72. The van der Waals surface area contributed by atoms with E-state index in [9.17, 15) is 4.79 Å². The van der Waals surface area contributed by atoms with Crippen LogP contribution in [0.1, 0.15) is 51.5 Å². The first-order chi connectivity index (χ1) is 11.2. The van der Waals surface area contributed by atoms with Crippen LogP contribution in [0.15, 0.2) is 18.3 Å². The van der Waals surface area contributed by atoms with Crippen LogP contribution in [0, 0.1) is 0 Å². The number of carbonyl (C=O) groups is 1. The van der Waals surface area contributed by atoms with E-state index < -0.39 is 0 Å². The fraction of sp³-hybridized carbons (Fsp3) is 0.556. The molecule has 3 rings (SSSR count). The van der Waals surface area contributed by atoms with Crippen LogP contribution in [0.2, 0.25) is 0 Å². The van der Waals surface area contributed by atoms with Crippen LogP contribution in [-0.2, 0) is 11.2 Å². The molecule has 2 unspecified atom stereocenters. The lowest BCUT2D eigenvalue weighted by Gasteiger charge is -2.30. The number of rotatable bonds is 5. The summed E-state index contributed by atoms with van der Waals surface area (Å²) in [6, 6.07) is 4.30. The molecule has 1 aromatic carbocycles. The van der Waals surface area contributed by atoms with Crippen molar-refractivity contribution in [1.29, 1.82) is 0 Å². The van der Waals surface area contributed by atoms with Gasteiger partial charge in [-0.05, 0) is 37.8 Å². The number of aromatic nitrogens is 2. The molecule has 124 valence electrons. The third kappa shape index (κ3) is 3.49. The first kappa shape index (κ1) is 15.8. The van der Waals surface area contributed by atoms with E-state index in [-0.39, 0.29) is 18.1 Å². The average Bonchev–Trinajstić information content (AvgIpc) is 3.03. The lowest BCUT2D eigenvalue weighted by atomic mass is 9.92. The number of nitrogens with one attached hydrogen (secondary N) is 2. The SMILES string of the molecule is CCC(=O)NC1CCCC(Oc2ccc3[nH]ncc3c2CC)C1. The van der Waals surface area contributed by atoms with Crippen molar-refractivity contribution in [3.8, 4) is 5.75 Å². The van der Waals surface area contributed by atoms with E-state index >= 15 is 0 Å². The van der Waals surface area contributed by atoms with Gasteiger partial charge in [-0.15, -0.1) is 0 Å². The zero-order valence-corrected chi connectivity index (χ0v) is 13.9. The van der Waals surface area contributed by atoms with Gasteiger partial charge in [-0.3, -0.25) is 9.89 Å². The number of aromatic amines is 1. The van der Waals surface area contributed by atoms with Gasteiger partial charge in [0.1, 0.15) is 11.9 Å². The fourth-order valence-electron chi connectivity index (χ4n) is 3.42. The van der Waals surface area contributed by atoms with Crippen molar-refractivity contribution in [3.05, 3.63) is 23.9 Å². The second kappa shape index (κ2) is 7.02. The van der Waals surface area contributed by atoms with Crippen molar-refractivity contribution < 1.29 is 9.53 Å². The summed E-state index contributed by atoms with van der Waals surface area (Å²) in [6.45, 7) is 4.03. The van der Waals surface area contributed by atoms with E-state index in [0.29, 0.717) is 6.42 Å². The summed E-state index contributed by atoms with van der Waals surface area (Å²) in [7, 11) is 0. The van der Waals surface area contributed by atoms with Gasteiger partial charge >= 0.3 is 0 Å². The van der Waals surface area contributed by atoms with Gasteiger partial charge in [0.05, 0.1) is 11.7 Å². The molecule has 5 heteroatoms. The summed E-state index contributed by atoms with van der Waals surface area (Å²) in [5.74, 6) is 1.08. The summed E-state index contributed by atoms with van der Waals surface area (Å²) >= 11 is 0. The Morgan fingerprint density at radius 1 is 1.39 bits per heavy atom. The lowest BCUT2D eigenvalue weighted by molar-refractivity contribution is -0.121. The molecule has 5 nitrogen and oxygen atoms in total. The van der Waals surface area contributed by atoms with Crippen molar-refractivity contribution in [2.45, 2.75) is 64.5 Å². The normalized spacial score (nSPS) is 21.3. The Hall–Kier alpha value is -2.04. The summed E-state index contributed by atoms with van der Waals surface area (Å²) in [4.78, 5) is 11.6. The minimum absolute atomic E-state index is 0.129. The standard InChI is InChI=1S/C18H25N3O2/c1-3-14-15-11-19-21-16(15)8-9-17(14)23-13-7-5-6-12(10-13)20-18(22)4-2/h8-9,11-13H,3-7,10H2,1-2H3,(H,19,21)(H,20,22). The molecule has 1 aliphatic carbocycles. The Morgan fingerprint density at radius 2 is 2.26 bits per heavy atom. The van der Waals surface area contributed by atoms with Crippen molar-refractivity contribution in [3.63, 3.8) is 0 Å². The fourth-order valence-corrected chi connectivity index (χ4v) is 3.42. The van der Waals surface area contributed by atoms with Crippen molar-refractivity contribution in [1.82, 2.24) is 15.5 Å². The Kier molecular flexibility index (Phi) is 4.84. The Labute approximate surface area is 136 Å². The predicted octanol–water partition coefficient (Wildman–Crippen LogP) is 3.34. The number of benzene rings is 1. The van der Waals surface area contributed by atoms with Gasteiger partial charge in [-0.25, -0.2) is 0 Å². The molecule has 2 aromatic rings. The van der Waals surface area contributed by atoms with E-state index in [1.807, 2.05) is 25.3 Å². The molecule has 1 saturated carbocycles. The molecule has 0 spiro atoms. The number of hydrogen-bond donors (Lipinski definition) is 2. The maximum Gasteiger partial charge on any atom is 0.219 e. The molecule has 0 bridgehead atoms. The molecule has 2 N–H and O–H groups in total. The third-order valence-electron chi connectivity index (χ3n) is 4.65. The van der Waals surface area contributed by atoms with E-state index in [1.165, 1.54) is 5.56 Å². The molecule has 1 fully saturated rings. The smallest absolute Gasteiger partial charge is 0.219 e. The van der Waals surface area contributed by atoms with Gasteiger partial charge in [-0.2, -0.15) is 5.10 Å². The highest BCUT2D eigenvalue weighted by atomic mass is 16.5. The van der Waals surface area contributed by atoms with Crippen LogP contribution in [0.5, 0.6) is 5.75 Å². The number of fused-ring (bicyclic) bond motifs is 1. The minimum atomic E-state index is 0.129. The minimum Gasteiger partial charge on any atom is -0.490 e. The Bertz CT molecular complexity index is 680. The van der Waals surface area contributed by atoms with Crippen LogP contribution in [-0.4, -0.2) is 28.3 Å². The van der Waals surface area contributed by atoms with Crippen LogP contribution in [0.3, 0.4) is 0 Å². The van der Waals surface area contributed by atoms with Gasteiger partial charge in [0.15, 0.2) is 0 Å². The third-order valence-corrected chi connectivity index (χ3v) is 4.65. The monoisotopic (exact) mass is 315 g/mol. The molecule has 23 heavy (non-hydrogen) atoms. The first-order valence-electron chi connectivity index (χ1n) is 8.62. The maximum absolute atomic E-state index is 11.6. The first-order valence-corrected chi connectivity index (χ1v) is 8.62. The van der Waals surface area contributed by atoms with Crippen molar-refractivity contribution in [2.75, 3.05) is 0 Å². The topological polar surface area (TPSA) is 67.0 Å². The number of carbonyl (C=O) groups excluding carboxylic acids is 1.